The molecule has 1 aliphatic carbocycles. The number of hydrogen-bond donors (Lipinski definition) is 8. The number of benzene rings is 2. The first-order valence-electron chi connectivity index (χ1n) is 26.4. The number of allylic oxidation sites excluding steroid dienone is 5. The lowest BCUT2D eigenvalue weighted by molar-refractivity contribution is -0.127. The van der Waals surface area contributed by atoms with Crippen LogP contribution in [0.4, 0.5) is 10.2 Å². The van der Waals surface area contributed by atoms with Crippen molar-refractivity contribution in [3.8, 4) is 17.0 Å². The van der Waals surface area contributed by atoms with Crippen LogP contribution >= 0.6 is 0 Å². The lowest BCUT2D eigenvalue weighted by Crippen LogP contribution is -2.42. The van der Waals surface area contributed by atoms with Gasteiger partial charge in [0, 0.05) is 94.0 Å². The number of piperidine rings is 2. The molecule has 0 radical (unpaired) electrons. The van der Waals surface area contributed by atoms with Gasteiger partial charge in [0.1, 0.15) is 29.3 Å². The number of aliphatic hydroxyl groups excluding tert-OH is 1. The number of amidine groups is 1. The van der Waals surface area contributed by atoms with Crippen molar-refractivity contribution in [1.82, 2.24) is 35.8 Å². The molecule has 2 aromatic heterocycles. The number of nitrogens with two attached hydrogens (primary N) is 2. The fourth-order valence-electron chi connectivity index (χ4n) is 10.1. The van der Waals surface area contributed by atoms with E-state index in [9.17, 15) is 24.2 Å². The zero-order chi connectivity index (χ0) is 53.4. The molecule has 0 spiro atoms. The monoisotopic (exact) mass is 1030 g/mol. The van der Waals surface area contributed by atoms with Crippen LogP contribution in [-0.4, -0.2) is 99.7 Å². The first-order valence-corrected chi connectivity index (χ1v) is 26.4. The Labute approximate surface area is 440 Å². The number of aryl methyl sites for hydroxylation is 1. The number of aromatic nitrogens is 3. The van der Waals surface area contributed by atoms with E-state index in [0.717, 1.165) is 106 Å². The van der Waals surface area contributed by atoms with Crippen LogP contribution in [0, 0.1) is 23.2 Å². The third-order valence-corrected chi connectivity index (χ3v) is 14.7. The summed E-state index contributed by atoms with van der Waals surface area (Å²) in [5, 5.41) is 45.2. The Hall–Kier alpha value is -7.18. The van der Waals surface area contributed by atoms with E-state index in [0.29, 0.717) is 48.7 Å². The summed E-state index contributed by atoms with van der Waals surface area (Å²) in [6.07, 6.45) is 18.5. The molecule has 2 aromatic carbocycles. The fraction of sp³-hybridized carbons (Fsp3) is 0.456. The number of halogens is 1. The topological polar surface area (TPSA) is 246 Å². The predicted molar refractivity (Wildman–Crippen MR) is 290 cm³/mol. The Balaban J connectivity index is 0.000000249. The molecular weight excluding hydrogens is 954 g/mol. The van der Waals surface area contributed by atoms with Gasteiger partial charge in [-0.15, -0.1) is 0 Å². The van der Waals surface area contributed by atoms with Crippen LogP contribution in [0.2, 0.25) is 0 Å². The van der Waals surface area contributed by atoms with Gasteiger partial charge in [-0.1, -0.05) is 55.4 Å². The number of nitrogens with one attached hydrogen (secondary N) is 4. The van der Waals surface area contributed by atoms with Crippen molar-refractivity contribution in [1.29, 1.82) is 5.41 Å². The second-order valence-corrected chi connectivity index (χ2v) is 20.4. The summed E-state index contributed by atoms with van der Waals surface area (Å²) in [6, 6.07) is 18.5. The first kappa shape index (κ1) is 55.6. The average Bonchev–Trinajstić information content (AvgIpc) is 4.05. The molecule has 5 heterocycles. The van der Waals surface area contributed by atoms with Crippen LogP contribution in [-0.2, 0) is 21.4 Å². The summed E-state index contributed by atoms with van der Waals surface area (Å²) >= 11 is 0. The van der Waals surface area contributed by atoms with Gasteiger partial charge in [-0.2, -0.15) is 5.10 Å². The molecule has 0 bridgehead atoms. The minimum absolute atomic E-state index is 0.0259. The summed E-state index contributed by atoms with van der Waals surface area (Å²) in [6.45, 7) is 11.7. The van der Waals surface area contributed by atoms with E-state index >= 15 is 0 Å². The number of para-hydroxylation sites is 1. The summed E-state index contributed by atoms with van der Waals surface area (Å²) < 4.78 is 28.5. The summed E-state index contributed by atoms with van der Waals surface area (Å²) in [7, 11) is 1.92. The van der Waals surface area contributed by atoms with E-state index in [-0.39, 0.29) is 58.9 Å². The Bertz CT molecular complexity index is 2690. The molecule has 8 rings (SSSR count). The first-order chi connectivity index (χ1) is 36.2. The number of carbonyl (C=O) groups is 2. The second-order valence-electron chi connectivity index (χ2n) is 20.4. The molecule has 402 valence electrons. The van der Waals surface area contributed by atoms with Gasteiger partial charge in [0.2, 0.25) is 12.3 Å². The third kappa shape index (κ3) is 15.4. The van der Waals surface area contributed by atoms with Crippen LogP contribution in [0.25, 0.3) is 17.0 Å². The van der Waals surface area contributed by atoms with Gasteiger partial charge in [0.15, 0.2) is 11.7 Å². The summed E-state index contributed by atoms with van der Waals surface area (Å²) in [4.78, 5) is 29.8. The molecule has 3 aliphatic heterocycles. The Morgan fingerprint density at radius 1 is 1.03 bits per heavy atom. The Morgan fingerprint density at radius 2 is 1.76 bits per heavy atom. The number of aromatic hydroxyl groups is 1. The number of amides is 2. The van der Waals surface area contributed by atoms with E-state index < -0.39 is 11.7 Å². The maximum absolute atomic E-state index is 14.8. The highest BCUT2D eigenvalue weighted by atomic mass is 19.1. The molecule has 2 saturated heterocycles. The molecule has 3 unspecified atom stereocenters. The van der Waals surface area contributed by atoms with Crippen molar-refractivity contribution in [2.24, 2.45) is 36.3 Å². The second kappa shape index (κ2) is 26.9. The normalized spacial score (nSPS) is 18.9. The van der Waals surface area contributed by atoms with Crippen molar-refractivity contribution in [2.45, 2.75) is 103 Å². The van der Waals surface area contributed by atoms with Crippen LogP contribution in [0.5, 0.6) is 5.75 Å². The maximum Gasteiger partial charge on any atom is 0.224 e. The van der Waals surface area contributed by atoms with Gasteiger partial charge in [0.05, 0.1) is 23.4 Å². The number of anilines is 1. The smallest absolute Gasteiger partial charge is 0.224 e. The van der Waals surface area contributed by atoms with Crippen molar-refractivity contribution in [3.63, 3.8) is 0 Å². The van der Waals surface area contributed by atoms with Crippen molar-refractivity contribution in [2.75, 3.05) is 44.2 Å². The zero-order valence-corrected chi connectivity index (χ0v) is 43.8. The summed E-state index contributed by atoms with van der Waals surface area (Å²) in [5.41, 5.74) is 15.5. The highest BCUT2D eigenvalue weighted by Crippen LogP contribution is 2.38. The molecule has 2 amide bonds. The number of rotatable bonds is 21. The minimum atomic E-state index is -0.716. The minimum Gasteiger partial charge on any atom is -0.507 e. The summed E-state index contributed by atoms with van der Waals surface area (Å²) in [5.74, 6) is 1.14. The van der Waals surface area contributed by atoms with Crippen molar-refractivity contribution >= 4 is 29.7 Å². The van der Waals surface area contributed by atoms with Crippen molar-refractivity contribution in [3.05, 3.63) is 137 Å². The molecular formula is C57H76FN11O6. The number of phenols is 1. The fourth-order valence-corrected chi connectivity index (χ4v) is 10.1. The number of ether oxygens (including phenoxy) is 1. The molecule has 1 saturated carbocycles. The van der Waals surface area contributed by atoms with Gasteiger partial charge in [-0.3, -0.25) is 19.7 Å². The van der Waals surface area contributed by atoms with E-state index in [2.05, 4.69) is 74.1 Å². The van der Waals surface area contributed by atoms with Crippen LogP contribution in [0.3, 0.4) is 0 Å². The SMILES string of the molecule is CC(NC(=O)C(CCCNC=O)C(c1cc(N2CCC(CN3CCC(O)CC3)CC2)no1)C(C)C)c1ccc(-c2ccnn2C)cc1.N=C(N)C(/C=C(\N)c1ccccc1O)=C(F)\C=C1/C=CNC(OC2CCC2)=C1. The molecule has 18 heteroatoms. The maximum atomic E-state index is 14.8. The third-order valence-electron chi connectivity index (χ3n) is 14.7. The van der Waals surface area contributed by atoms with Crippen LogP contribution in [0.1, 0.15) is 107 Å². The van der Waals surface area contributed by atoms with E-state index in [4.69, 9.17) is 26.1 Å². The Kier molecular flexibility index (Phi) is 19.9. The number of dihydropyridines is 1. The molecule has 75 heavy (non-hydrogen) atoms. The van der Waals surface area contributed by atoms with E-state index in [1.54, 1.807) is 42.7 Å². The number of carbonyl (C=O) groups excluding carboxylic acids is 2. The van der Waals surface area contributed by atoms with Gasteiger partial charge in [0.25, 0.3) is 0 Å². The predicted octanol–water partition coefficient (Wildman–Crippen LogP) is 7.81. The van der Waals surface area contributed by atoms with Gasteiger partial charge >= 0.3 is 0 Å². The lowest BCUT2D eigenvalue weighted by Gasteiger charge is -2.36. The molecule has 3 atom stereocenters. The molecule has 4 aliphatic rings. The standard InChI is InChI=1S/C36H53N7O4.C21H23FN4O2/c1-25(2)35(33-22-34(40-47-33)43-20-12-27(13-21-43)23-42-18-14-30(45)15-19-42)31(6-5-16-37-24-44)36(46)39-26(3)28-7-9-29(10-8-28)32-11-17-38-41(32)4;22-17(10-13-8-9-26-20(11-13)28-14-4-3-5-14)16(21(24)25)12-18(23)15-6-1-2-7-19(15)27/h7-11,17,22,24-27,30-31,35,45H,5-6,12-16,18-21,23H2,1-4H3,(H,37,44)(H,39,46);1-2,6-12,14,26-27H,3-5,23H2,(H3,24,25)/b;13-10+,17-16+,18-12-. The van der Waals surface area contributed by atoms with E-state index in [1.165, 1.54) is 18.2 Å². The van der Waals surface area contributed by atoms with Gasteiger partial charge < -0.3 is 56.7 Å². The largest absolute Gasteiger partial charge is 0.507 e. The highest BCUT2D eigenvalue weighted by molar-refractivity contribution is 6.00. The average molecular weight is 1030 g/mol. The number of likely N-dealkylation sites (tertiary alicyclic amines) is 1. The van der Waals surface area contributed by atoms with Crippen molar-refractivity contribution < 1.29 is 33.5 Å². The molecule has 10 N–H and O–H groups in total. The number of hydrogen-bond acceptors (Lipinski definition) is 13. The number of phenolic OH excluding ortho intramolecular Hbond substituents is 1. The van der Waals surface area contributed by atoms with Crippen LogP contribution in [0.15, 0.2) is 125 Å². The molecule has 3 fully saturated rings. The highest BCUT2D eigenvalue weighted by Gasteiger charge is 2.36. The van der Waals surface area contributed by atoms with Gasteiger partial charge in [-0.05, 0) is 130 Å². The number of aliphatic hydroxyl groups is 1. The Morgan fingerprint density at radius 3 is 2.40 bits per heavy atom. The van der Waals surface area contributed by atoms with Gasteiger partial charge in [-0.25, -0.2) is 4.39 Å². The lowest BCUT2D eigenvalue weighted by atomic mass is 9.78. The van der Waals surface area contributed by atoms with E-state index in [1.807, 2.05) is 30.8 Å². The molecule has 17 nitrogen and oxygen atoms in total. The molecule has 4 aromatic rings. The van der Waals surface area contributed by atoms with Crippen LogP contribution < -0.4 is 32.3 Å². The zero-order valence-electron chi connectivity index (χ0n) is 43.8. The quantitative estimate of drug-likeness (QED) is 0.0131. The number of nitrogens with zero attached hydrogens (tertiary/aromatic N) is 5.